The van der Waals surface area contributed by atoms with Crippen molar-refractivity contribution < 1.29 is 9.18 Å². The molecule has 2 rings (SSSR count). The van der Waals surface area contributed by atoms with Crippen LogP contribution in [-0.2, 0) is 4.79 Å². The number of halogens is 2. The van der Waals surface area contributed by atoms with Crippen LogP contribution in [0.2, 0.25) is 0 Å². The largest absolute Gasteiger partial charge is 0.366 e. The SMILES string of the molecule is CCC(CC)C(=O)N1CCN(c2ccccc2F)CC1.Cl. The lowest BCUT2D eigenvalue weighted by Crippen LogP contribution is -2.50. The molecule has 0 N–H and O–H groups in total. The molecule has 1 amide bonds. The summed E-state index contributed by atoms with van der Waals surface area (Å²) in [5, 5.41) is 0. The summed E-state index contributed by atoms with van der Waals surface area (Å²) in [4.78, 5) is 16.2. The molecular weight excluding hydrogens is 291 g/mol. The molecule has 1 aromatic rings. The number of anilines is 1. The molecule has 118 valence electrons. The number of amides is 1. The highest BCUT2D eigenvalue weighted by atomic mass is 35.5. The van der Waals surface area contributed by atoms with E-state index in [0.29, 0.717) is 31.9 Å². The quantitative estimate of drug-likeness (QED) is 0.851. The van der Waals surface area contributed by atoms with Gasteiger partial charge in [-0.1, -0.05) is 26.0 Å². The number of rotatable bonds is 4. The van der Waals surface area contributed by atoms with Crippen molar-refractivity contribution in [2.45, 2.75) is 26.7 Å². The normalized spacial score (nSPS) is 15.0. The van der Waals surface area contributed by atoms with E-state index < -0.39 is 0 Å². The summed E-state index contributed by atoms with van der Waals surface area (Å²) in [6.45, 7) is 6.89. The van der Waals surface area contributed by atoms with Crippen LogP contribution in [0.25, 0.3) is 0 Å². The molecule has 1 saturated heterocycles. The number of para-hydroxylation sites is 1. The first-order valence-corrected chi connectivity index (χ1v) is 7.45. The summed E-state index contributed by atoms with van der Waals surface area (Å²) < 4.78 is 13.7. The van der Waals surface area contributed by atoms with Crippen LogP contribution in [0, 0.1) is 11.7 Å². The van der Waals surface area contributed by atoms with Crippen LogP contribution in [-0.4, -0.2) is 37.0 Å². The smallest absolute Gasteiger partial charge is 0.225 e. The minimum absolute atomic E-state index is 0. The Morgan fingerprint density at radius 1 is 1.14 bits per heavy atom. The molecule has 0 radical (unpaired) electrons. The molecule has 5 heteroatoms. The number of hydrogen-bond donors (Lipinski definition) is 0. The van der Waals surface area contributed by atoms with E-state index in [1.165, 1.54) is 6.07 Å². The molecule has 21 heavy (non-hydrogen) atoms. The highest BCUT2D eigenvalue weighted by Gasteiger charge is 2.26. The summed E-state index contributed by atoms with van der Waals surface area (Å²) in [7, 11) is 0. The van der Waals surface area contributed by atoms with Crippen molar-refractivity contribution in [1.82, 2.24) is 4.90 Å². The predicted molar refractivity (Wildman–Crippen MR) is 86.5 cm³/mol. The van der Waals surface area contributed by atoms with Gasteiger partial charge in [0.1, 0.15) is 5.82 Å². The molecular formula is C16H24ClFN2O. The average Bonchev–Trinajstić information content (AvgIpc) is 2.49. The fourth-order valence-corrected chi connectivity index (χ4v) is 2.77. The zero-order valence-electron chi connectivity index (χ0n) is 12.7. The molecule has 0 unspecified atom stereocenters. The Bertz CT molecular complexity index is 457. The Morgan fingerprint density at radius 3 is 2.24 bits per heavy atom. The second-order valence-electron chi connectivity index (χ2n) is 5.28. The summed E-state index contributed by atoms with van der Waals surface area (Å²) in [5.74, 6) is 0.200. The molecule has 1 aromatic carbocycles. The maximum Gasteiger partial charge on any atom is 0.225 e. The van der Waals surface area contributed by atoms with Crippen LogP contribution < -0.4 is 4.90 Å². The van der Waals surface area contributed by atoms with Crippen molar-refractivity contribution in [3.8, 4) is 0 Å². The highest BCUT2D eigenvalue weighted by molar-refractivity contribution is 5.85. The zero-order valence-corrected chi connectivity index (χ0v) is 13.5. The van der Waals surface area contributed by atoms with E-state index in [-0.39, 0.29) is 30.0 Å². The molecule has 0 bridgehead atoms. The Labute approximate surface area is 132 Å². The number of carbonyl (C=O) groups is 1. The van der Waals surface area contributed by atoms with Crippen molar-refractivity contribution in [1.29, 1.82) is 0 Å². The van der Waals surface area contributed by atoms with E-state index in [0.717, 1.165) is 12.8 Å². The fourth-order valence-electron chi connectivity index (χ4n) is 2.77. The third-order valence-corrected chi connectivity index (χ3v) is 4.12. The molecule has 1 aliphatic heterocycles. The molecule has 0 atom stereocenters. The van der Waals surface area contributed by atoms with E-state index in [4.69, 9.17) is 0 Å². The number of piperazine rings is 1. The van der Waals surface area contributed by atoms with Gasteiger partial charge in [0, 0.05) is 32.1 Å². The van der Waals surface area contributed by atoms with Gasteiger partial charge in [0.05, 0.1) is 5.69 Å². The minimum atomic E-state index is -0.188. The molecule has 0 aliphatic carbocycles. The van der Waals surface area contributed by atoms with Crippen molar-refractivity contribution in [3.05, 3.63) is 30.1 Å². The Hall–Kier alpha value is -1.29. The second-order valence-corrected chi connectivity index (χ2v) is 5.28. The second kappa shape index (κ2) is 8.23. The topological polar surface area (TPSA) is 23.6 Å². The van der Waals surface area contributed by atoms with Crippen molar-refractivity contribution in [3.63, 3.8) is 0 Å². The Kier molecular flexibility index (Phi) is 6.96. The molecule has 1 fully saturated rings. The van der Waals surface area contributed by atoms with Gasteiger partial charge in [-0.05, 0) is 25.0 Å². The number of nitrogens with zero attached hydrogens (tertiary/aromatic N) is 2. The van der Waals surface area contributed by atoms with E-state index in [2.05, 4.69) is 13.8 Å². The minimum Gasteiger partial charge on any atom is -0.366 e. The fraction of sp³-hybridized carbons (Fsp3) is 0.562. The summed E-state index contributed by atoms with van der Waals surface area (Å²) >= 11 is 0. The van der Waals surface area contributed by atoms with Crippen molar-refractivity contribution >= 4 is 24.0 Å². The van der Waals surface area contributed by atoms with Crippen LogP contribution in [0.3, 0.4) is 0 Å². The van der Waals surface area contributed by atoms with E-state index in [9.17, 15) is 9.18 Å². The number of hydrogen-bond acceptors (Lipinski definition) is 2. The van der Waals surface area contributed by atoms with E-state index >= 15 is 0 Å². The number of benzene rings is 1. The van der Waals surface area contributed by atoms with Gasteiger partial charge in [-0.2, -0.15) is 0 Å². The van der Waals surface area contributed by atoms with Gasteiger partial charge in [0.15, 0.2) is 0 Å². The lowest BCUT2D eigenvalue weighted by molar-refractivity contribution is -0.136. The van der Waals surface area contributed by atoms with Gasteiger partial charge in [0.25, 0.3) is 0 Å². The molecule has 1 heterocycles. The summed E-state index contributed by atoms with van der Waals surface area (Å²) in [6.07, 6.45) is 1.78. The first-order valence-electron chi connectivity index (χ1n) is 7.45. The van der Waals surface area contributed by atoms with E-state index in [1.54, 1.807) is 12.1 Å². The zero-order chi connectivity index (χ0) is 14.5. The highest BCUT2D eigenvalue weighted by Crippen LogP contribution is 2.21. The summed E-state index contributed by atoms with van der Waals surface area (Å²) in [5.41, 5.74) is 0.641. The average molecular weight is 315 g/mol. The van der Waals surface area contributed by atoms with Gasteiger partial charge >= 0.3 is 0 Å². The molecule has 3 nitrogen and oxygen atoms in total. The third-order valence-electron chi connectivity index (χ3n) is 4.12. The first-order chi connectivity index (χ1) is 9.67. The van der Waals surface area contributed by atoms with Crippen molar-refractivity contribution in [2.75, 3.05) is 31.1 Å². The van der Waals surface area contributed by atoms with Crippen LogP contribution in [0.4, 0.5) is 10.1 Å². The third kappa shape index (κ3) is 4.10. The molecule has 0 aromatic heterocycles. The van der Waals surface area contributed by atoms with Gasteiger partial charge < -0.3 is 9.80 Å². The number of carbonyl (C=O) groups excluding carboxylic acids is 1. The maximum atomic E-state index is 13.7. The van der Waals surface area contributed by atoms with Gasteiger partial charge in [0.2, 0.25) is 5.91 Å². The summed E-state index contributed by atoms with van der Waals surface area (Å²) in [6, 6.07) is 6.83. The standard InChI is InChI=1S/C16H23FN2O.ClH/c1-3-13(4-2)16(20)19-11-9-18(10-12-19)15-8-6-5-7-14(15)17;/h5-8,13H,3-4,9-12H2,1-2H3;1H. The van der Waals surface area contributed by atoms with Gasteiger partial charge in [-0.15, -0.1) is 12.4 Å². The van der Waals surface area contributed by atoms with Gasteiger partial charge in [-0.3, -0.25) is 4.79 Å². The van der Waals surface area contributed by atoms with Crippen molar-refractivity contribution in [2.24, 2.45) is 5.92 Å². The van der Waals surface area contributed by atoms with Crippen LogP contribution in [0.1, 0.15) is 26.7 Å². The lowest BCUT2D eigenvalue weighted by atomic mass is 10.0. The van der Waals surface area contributed by atoms with Crippen LogP contribution >= 0.6 is 12.4 Å². The van der Waals surface area contributed by atoms with Crippen LogP contribution in [0.5, 0.6) is 0 Å². The molecule has 0 spiro atoms. The monoisotopic (exact) mass is 314 g/mol. The predicted octanol–water partition coefficient (Wildman–Crippen LogP) is 3.33. The molecule has 1 aliphatic rings. The van der Waals surface area contributed by atoms with Crippen LogP contribution in [0.15, 0.2) is 24.3 Å². The molecule has 0 saturated carbocycles. The first kappa shape index (κ1) is 17.8. The van der Waals surface area contributed by atoms with Gasteiger partial charge in [-0.25, -0.2) is 4.39 Å². The maximum absolute atomic E-state index is 13.7. The van der Waals surface area contributed by atoms with E-state index in [1.807, 2.05) is 15.9 Å². The Morgan fingerprint density at radius 2 is 1.71 bits per heavy atom. The Balaban J connectivity index is 0.00000220. The lowest BCUT2D eigenvalue weighted by Gasteiger charge is -2.37.